The Morgan fingerprint density at radius 3 is 2.62 bits per heavy atom. The van der Waals surface area contributed by atoms with Crippen molar-refractivity contribution in [1.82, 2.24) is 5.43 Å². The number of rotatable bonds is 6. The van der Waals surface area contributed by atoms with Crippen molar-refractivity contribution in [3.05, 3.63) is 62.1 Å². The highest BCUT2D eigenvalue weighted by Gasteiger charge is 2.17. The Morgan fingerprint density at radius 2 is 2.04 bits per heavy atom. The quantitative estimate of drug-likeness (QED) is 0.439. The van der Waals surface area contributed by atoms with Crippen LogP contribution < -0.4 is 15.1 Å². The predicted molar refractivity (Wildman–Crippen MR) is 103 cm³/mol. The number of benzene rings is 2. The smallest absolute Gasteiger partial charge is 0.275 e. The van der Waals surface area contributed by atoms with Crippen molar-refractivity contribution in [2.75, 3.05) is 26.1 Å². The lowest BCUT2D eigenvalue weighted by Crippen LogP contribution is -2.18. The number of hydrogen-bond acceptors (Lipinski definition) is 6. The molecule has 136 valence electrons. The molecule has 2 aromatic carbocycles. The maximum absolute atomic E-state index is 12.3. The van der Waals surface area contributed by atoms with E-state index in [1.54, 1.807) is 0 Å². The fraction of sp³-hybridized carbons (Fsp3) is 0.176. The molecule has 0 radical (unpaired) electrons. The van der Waals surface area contributed by atoms with Gasteiger partial charge < -0.3 is 9.64 Å². The lowest BCUT2D eigenvalue weighted by atomic mass is 10.1. The van der Waals surface area contributed by atoms with E-state index in [9.17, 15) is 14.9 Å². The molecular formula is C17H17BrN4O4. The van der Waals surface area contributed by atoms with Crippen LogP contribution in [-0.4, -0.2) is 38.3 Å². The molecule has 26 heavy (non-hydrogen) atoms. The van der Waals surface area contributed by atoms with Crippen LogP contribution in [0.1, 0.15) is 15.9 Å². The van der Waals surface area contributed by atoms with E-state index in [1.807, 2.05) is 37.2 Å². The molecule has 0 aliphatic carbocycles. The van der Waals surface area contributed by atoms with Crippen LogP contribution in [0.2, 0.25) is 0 Å². The van der Waals surface area contributed by atoms with Gasteiger partial charge in [-0.3, -0.25) is 14.9 Å². The highest BCUT2D eigenvalue weighted by Crippen LogP contribution is 2.25. The number of nitrogens with one attached hydrogen (secondary N) is 1. The fourth-order valence-corrected chi connectivity index (χ4v) is 2.93. The van der Waals surface area contributed by atoms with Gasteiger partial charge in [0.1, 0.15) is 5.75 Å². The first-order valence-corrected chi connectivity index (χ1v) is 8.25. The summed E-state index contributed by atoms with van der Waals surface area (Å²) in [5.41, 5.74) is 3.95. The normalized spacial score (nSPS) is 10.6. The molecule has 0 saturated heterocycles. The average molecular weight is 421 g/mol. The number of halogens is 1. The lowest BCUT2D eigenvalue weighted by Gasteiger charge is -2.14. The third-order valence-corrected chi connectivity index (χ3v) is 4.11. The van der Waals surface area contributed by atoms with Gasteiger partial charge in [-0.2, -0.15) is 5.10 Å². The number of nitrogens with zero attached hydrogens (tertiary/aromatic N) is 3. The first-order chi connectivity index (χ1) is 12.3. The molecule has 2 aromatic rings. The largest absolute Gasteiger partial charge is 0.496 e. The SMILES string of the molecule is COc1ccc([N+](=O)[O-])cc1C(=O)NN=Cc1ccc(N(C)C)c(Br)c1. The summed E-state index contributed by atoms with van der Waals surface area (Å²) in [5, 5.41) is 14.8. The summed E-state index contributed by atoms with van der Waals surface area (Å²) in [6.45, 7) is 0. The van der Waals surface area contributed by atoms with E-state index in [2.05, 4.69) is 26.5 Å². The molecular weight excluding hydrogens is 404 g/mol. The topological polar surface area (TPSA) is 97.1 Å². The van der Waals surface area contributed by atoms with Crippen molar-refractivity contribution in [2.45, 2.75) is 0 Å². The Morgan fingerprint density at radius 1 is 1.31 bits per heavy atom. The Bertz CT molecular complexity index is 868. The predicted octanol–water partition coefficient (Wildman–Crippen LogP) is 3.20. The second-order valence-electron chi connectivity index (χ2n) is 5.45. The van der Waals surface area contributed by atoms with Crippen LogP contribution in [-0.2, 0) is 0 Å². The van der Waals surface area contributed by atoms with Crippen LogP contribution in [0.5, 0.6) is 5.75 Å². The maximum Gasteiger partial charge on any atom is 0.275 e. The maximum atomic E-state index is 12.3. The molecule has 0 aromatic heterocycles. The molecule has 8 nitrogen and oxygen atoms in total. The molecule has 1 N–H and O–H groups in total. The number of carbonyl (C=O) groups excluding carboxylic acids is 1. The summed E-state index contributed by atoms with van der Waals surface area (Å²) < 4.78 is 5.96. The van der Waals surface area contributed by atoms with Gasteiger partial charge in [0.25, 0.3) is 11.6 Å². The highest BCUT2D eigenvalue weighted by atomic mass is 79.9. The van der Waals surface area contributed by atoms with Gasteiger partial charge in [0, 0.05) is 30.7 Å². The Labute approximate surface area is 158 Å². The van der Waals surface area contributed by atoms with Crippen molar-refractivity contribution in [3.8, 4) is 5.75 Å². The van der Waals surface area contributed by atoms with Crippen molar-refractivity contribution in [2.24, 2.45) is 5.10 Å². The van der Waals surface area contributed by atoms with E-state index >= 15 is 0 Å². The second-order valence-corrected chi connectivity index (χ2v) is 6.30. The number of ether oxygens (including phenoxy) is 1. The summed E-state index contributed by atoms with van der Waals surface area (Å²) in [6, 6.07) is 9.40. The van der Waals surface area contributed by atoms with E-state index < -0.39 is 10.8 Å². The van der Waals surface area contributed by atoms with Crippen molar-refractivity contribution < 1.29 is 14.5 Å². The zero-order valence-electron chi connectivity index (χ0n) is 14.4. The molecule has 0 fully saturated rings. The second kappa shape index (κ2) is 8.43. The molecule has 1 amide bonds. The highest BCUT2D eigenvalue weighted by molar-refractivity contribution is 9.10. The van der Waals surface area contributed by atoms with E-state index in [4.69, 9.17) is 4.74 Å². The average Bonchev–Trinajstić information content (AvgIpc) is 2.60. The van der Waals surface area contributed by atoms with Gasteiger partial charge in [-0.05, 0) is 39.7 Å². The number of hydrogen-bond donors (Lipinski definition) is 1. The molecule has 0 bridgehead atoms. The molecule has 2 rings (SSSR count). The van der Waals surface area contributed by atoms with Gasteiger partial charge >= 0.3 is 0 Å². The Balaban J connectivity index is 2.15. The molecule has 9 heteroatoms. The van der Waals surface area contributed by atoms with Crippen molar-refractivity contribution in [3.63, 3.8) is 0 Å². The van der Waals surface area contributed by atoms with Crippen molar-refractivity contribution >= 4 is 39.4 Å². The number of nitro groups is 1. The van der Waals surface area contributed by atoms with Crippen molar-refractivity contribution in [1.29, 1.82) is 0 Å². The summed E-state index contributed by atoms with van der Waals surface area (Å²) in [7, 11) is 5.24. The van der Waals surface area contributed by atoms with Crippen LogP contribution in [0.4, 0.5) is 11.4 Å². The first kappa shape index (κ1) is 19.4. The van der Waals surface area contributed by atoms with E-state index in [-0.39, 0.29) is 17.0 Å². The van der Waals surface area contributed by atoms with Crippen LogP contribution in [0.25, 0.3) is 0 Å². The van der Waals surface area contributed by atoms with E-state index in [0.29, 0.717) is 0 Å². The number of nitro benzene ring substituents is 1. The fourth-order valence-electron chi connectivity index (χ4n) is 2.18. The number of amides is 1. The van der Waals surface area contributed by atoms with Crippen LogP contribution in [0.3, 0.4) is 0 Å². The van der Waals surface area contributed by atoms with E-state index in [1.165, 1.54) is 25.5 Å². The minimum absolute atomic E-state index is 0.0305. The molecule has 0 aliphatic heterocycles. The molecule has 0 spiro atoms. The number of methoxy groups -OCH3 is 1. The van der Waals surface area contributed by atoms with Gasteiger partial charge in [0.15, 0.2) is 0 Å². The molecule has 0 heterocycles. The van der Waals surface area contributed by atoms with Gasteiger partial charge in [-0.1, -0.05) is 6.07 Å². The standard InChI is InChI=1S/C17H17BrN4O4/c1-21(2)15-6-4-11(8-14(15)18)10-19-20-17(23)13-9-12(22(24)25)5-7-16(13)26-3/h4-10H,1-3H3,(H,20,23). The van der Waals surface area contributed by atoms with Gasteiger partial charge in [-0.15, -0.1) is 0 Å². The van der Waals surface area contributed by atoms with Gasteiger partial charge in [0.05, 0.1) is 29.5 Å². The van der Waals surface area contributed by atoms with Crippen LogP contribution >= 0.6 is 15.9 Å². The van der Waals surface area contributed by atoms with Gasteiger partial charge in [0.2, 0.25) is 0 Å². The zero-order chi connectivity index (χ0) is 19.3. The molecule has 0 unspecified atom stereocenters. The third-order valence-electron chi connectivity index (χ3n) is 3.47. The minimum Gasteiger partial charge on any atom is -0.496 e. The number of anilines is 1. The monoisotopic (exact) mass is 420 g/mol. The molecule has 0 atom stereocenters. The van der Waals surface area contributed by atoms with Crippen LogP contribution in [0.15, 0.2) is 46.0 Å². The zero-order valence-corrected chi connectivity index (χ0v) is 16.0. The first-order valence-electron chi connectivity index (χ1n) is 7.46. The summed E-state index contributed by atoms with van der Waals surface area (Å²) in [4.78, 5) is 24.5. The molecule has 0 saturated carbocycles. The minimum atomic E-state index is -0.606. The Hall–Kier alpha value is -2.94. The lowest BCUT2D eigenvalue weighted by molar-refractivity contribution is -0.384. The number of non-ortho nitro benzene ring substituents is 1. The number of hydrazone groups is 1. The summed E-state index contributed by atoms with van der Waals surface area (Å²) in [6.07, 6.45) is 1.48. The summed E-state index contributed by atoms with van der Waals surface area (Å²) in [5.74, 6) is -0.382. The third kappa shape index (κ3) is 4.57. The Kier molecular flexibility index (Phi) is 6.29. The van der Waals surface area contributed by atoms with E-state index in [0.717, 1.165) is 21.8 Å². The summed E-state index contributed by atoms with van der Waals surface area (Å²) >= 11 is 3.47. The molecule has 0 aliphatic rings. The number of carbonyl (C=O) groups is 1. The van der Waals surface area contributed by atoms with Gasteiger partial charge in [-0.25, -0.2) is 5.43 Å². The van der Waals surface area contributed by atoms with Crippen LogP contribution in [0, 0.1) is 10.1 Å².